The monoisotopic (exact) mass is 167 g/mol. The minimum absolute atomic E-state index is 0. The molecule has 0 unspecified atom stereocenters. The predicted molar refractivity (Wildman–Crippen MR) is 37.9 cm³/mol. The molecule has 0 spiro atoms. The minimum atomic E-state index is 0. The number of hydrogen-bond donors (Lipinski definition) is 0. The number of carbonyl (C=O) groups excluding carboxylic acids is 1. The zero-order valence-electron chi connectivity index (χ0n) is 7.35. The Balaban J connectivity index is 0. The second-order valence-corrected chi connectivity index (χ2v) is 1.80. The SMILES string of the molecule is C[CH-]C(=O)N(CC)CC.[K+]. The van der Waals surface area contributed by atoms with E-state index >= 15 is 0 Å². The van der Waals surface area contributed by atoms with Gasteiger partial charge in [-0.15, -0.1) is 0 Å². The Morgan fingerprint density at radius 2 is 1.80 bits per heavy atom. The molecule has 0 rings (SSSR count). The van der Waals surface area contributed by atoms with Crippen molar-refractivity contribution in [3.63, 3.8) is 0 Å². The maximum Gasteiger partial charge on any atom is 1.00 e. The van der Waals surface area contributed by atoms with E-state index in [0.29, 0.717) is 0 Å². The summed E-state index contributed by atoms with van der Waals surface area (Å²) in [5.41, 5.74) is 0. The largest absolute Gasteiger partial charge is 1.00 e. The van der Waals surface area contributed by atoms with Crippen LogP contribution in [0.15, 0.2) is 0 Å². The molecule has 3 heteroatoms. The quantitative estimate of drug-likeness (QED) is 0.355. The Bertz CT molecular complexity index is 91.6. The maximum absolute atomic E-state index is 10.8. The molecule has 0 bridgehead atoms. The van der Waals surface area contributed by atoms with E-state index in [0.717, 1.165) is 13.1 Å². The second-order valence-electron chi connectivity index (χ2n) is 1.80. The summed E-state index contributed by atoms with van der Waals surface area (Å²) in [4.78, 5) is 12.6. The summed E-state index contributed by atoms with van der Waals surface area (Å²) in [7, 11) is 0. The first-order chi connectivity index (χ1) is 4.26. The molecule has 0 atom stereocenters. The summed E-state index contributed by atoms with van der Waals surface area (Å²) in [6.07, 6.45) is 1.59. The van der Waals surface area contributed by atoms with Crippen molar-refractivity contribution in [3.8, 4) is 0 Å². The molecule has 0 aromatic carbocycles. The molecule has 1 amide bonds. The molecule has 2 nitrogen and oxygen atoms in total. The van der Waals surface area contributed by atoms with Crippen LogP contribution in [0.4, 0.5) is 0 Å². The van der Waals surface area contributed by atoms with Gasteiger partial charge < -0.3 is 16.1 Å². The normalized spacial score (nSPS) is 7.90. The molecule has 0 saturated carbocycles. The minimum Gasteiger partial charge on any atom is -0.368 e. The fourth-order valence-electron chi connectivity index (χ4n) is 0.718. The summed E-state index contributed by atoms with van der Waals surface area (Å²) in [5, 5.41) is 0. The van der Waals surface area contributed by atoms with E-state index in [1.165, 1.54) is 0 Å². The predicted octanol–water partition coefficient (Wildman–Crippen LogP) is -1.92. The van der Waals surface area contributed by atoms with Crippen molar-refractivity contribution in [2.75, 3.05) is 13.1 Å². The number of carbonyl (C=O) groups is 1. The van der Waals surface area contributed by atoms with Crippen LogP contribution in [0.2, 0.25) is 0 Å². The maximum atomic E-state index is 10.8. The van der Waals surface area contributed by atoms with Crippen molar-refractivity contribution in [1.29, 1.82) is 0 Å². The van der Waals surface area contributed by atoms with Crippen LogP contribution in [0.3, 0.4) is 0 Å². The van der Waals surface area contributed by atoms with E-state index < -0.39 is 0 Å². The van der Waals surface area contributed by atoms with Crippen LogP contribution in [0, 0.1) is 6.42 Å². The van der Waals surface area contributed by atoms with E-state index in [1.807, 2.05) is 13.8 Å². The van der Waals surface area contributed by atoms with Gasteiger partial charge >= 0.3 is 51.4 Å². The van der Waals surface area contributed by atoms with Crippen molar-refractivity contribution in [3.05, 3.63) is 6.42 Å². The van der Waals surface area contributed by atoms with Crippen molar-refractivity contribution in [2.24, 2.45) is 0 Å². The van der Waals surface area contributed by atoms with Crippen LogP contribution in [0.1, 0.15) is 20.8 Å². The zero-order chi connectivity index (χ0) is 7.28. The molecule has 0 fully saturated rings. The fourth-order valence-corrected chi connectivity index (χ4v) is 0.718. The third-order valence-corrected chi connectivity index (χ3v) is 1.32. The van der Waals surface area contributed by atoms with E-state index in [4.69, 9.17) is 0 Å². The van der Waals surface area contributed by atoms with Gasteiger partial charge in [0.2, 0.25) is 0 Å². The topological polar surface area (TPSA) is 20.3 Å². The van der Waals surface area contributed by atoms with E-state index in [9.17, 15) is 4.79 Å². The molecule has 0 heterocycles. The van der Waals surface area contributed by atoms with Crippen LogP contribution in [0.25, 0.3) is 0 Å². The summed E-state index contributed by atoms with van der Waals surface area (Å²) in [6, 6.07) is 0. The van der Waals surface area contributed by atoms with Crippen LogP contribution in [0.5, 0.6) is 0 Å². The van der Waals surface area contributed by atoms with E-state index in [2.05, 4.69) is 0 Å². The Labute approximate surface area is 106 Å². The van der Waals surface area contributed by atoms with Crippen molar-refractivity contribution < 1.29 is 56.2 Å². The summed E-state index contributed by atoms with van der Waals surface area (Å²) < 4.78 is 0. The van der Waals surface area contributed by atoms with Gasteiger partial charge in [0, 0.05) is 13.1 Å². The van der Waals surface area contributed by atoms with Gasteiger partial charge in [-0.3, -0.25) is 0 Å². The van der Waals surface area contributed by atoms with Crippen LogP contribution < -0.4 is 51.4 Å². The number of amides is 1. The molecule has 0 aliphatic rings. The third kappa shape index (κ3) is 4.74. The first-order valence-corrected chi connectivity index (χ1v) is 3.34. The average Bonchev–Trinajstić information content (AvgIpc) is 1.90. The molecule has 0 aliphatic carbocycles. The van der Waals surface area contributed by atoms with Crippen LogP contribution in [-0.4, -0.2) is 23.9 Å². The first-order valence-electron chi connectivity index (χ1n) is 3.34. The molecule has 0 N–H and O–H groups in total. The van der Waals surface area contributed by atoms with Gasteiger partial charge in [-0.25, -0.2) is 0 Å². The van der Waals surface area contributed by atoms with Gasteiger partial charge in [0.15, 0.2) is 0 Å². The van der Waals surface area contributed by atoms with Gasteiger partial charge in [0.05, 0.1) is 5.91 Å². The molecule has 54 valence electrons. The Kier molecular flexibility index (Phi) is 11.0. The van der Waals surface area contributed by atoms with Crippen molar-refractivity contribution in [2.45, 2.75) is 20.8 Å². The smallest absolute Gasteiger partial charge is 0.368 e. The van der Waals surface area contributed by atoms with Crippen molar-refractivity contribution >= 4 is 5.91 Å². The molecular formula is C7H14KNO. The summed E-state index contributed by atoms with van der Waals surface area (Å²) in [5.74, 6) is 0.125. The summed E-state index contributed by atoms with van der Waals surface area (Å²) in [6.45, 7) is 7.33. The van der Waals surface area contributed by atoms with Crippen molar-refractivity contribution in [1.82, 2.24) is 4.90 Å². The molecule has 0 aromatic heterocycles. The Morgan fingerprint density at radius 3 is 1.90 bits per heavy atom. The van der Waals surface area contributed by atoms with E-state index in [1.54, 1.807) is 18.2 Å². The molecule has 0 aliphatic heterocycles. The Hall–Kier alpha value is 0.976. The average molecular weight is 167 g/mol. The zero-order valence-corrected chi connectivity index (χ0v) is 10.5. The first kappa shape index (κ1) is 13.6. The van der Waals surface area contributed by atoms with Gasteiger partial charge in [-0.05, 0) is 13.8 Å². The number of hydrogen-bond acceptors (Lipinski definition) is 1. The summed E-state index contributed by atoms with van der Waals surface area (Å²) >= 11 is 0. The van der Waals surface area contributed by atoms with Crippen LogP contribution in [-0.2, 0) is 4.79 Å². The molecule has 0 radical (unpaired) electrons. The third-order valence-electron chi connectivity index (χ3n) is 1.32. The van der Waals surface area contributed by atoms with Gasteiger partial charge in [-0.1, -0.05) is 0 Å². The Morgan fingerprint density at radius 1 is 1.40 bits per heavy atom. The molecule has 0 aromatic rings. The number of nitrogens with zero attached hydrogens (tertiary/aromatic N) is 1. The fraction of sp³-hybridized carbons (Fsp3) is 0.714. The van der Waals surface area contributed by atoms with E-state index in [-0.39, 0.29) is 57.3 Å². The molecular weight excluding hydrogens is 153 g/mol. The van der Waals surface area contributed by atoms with Gasteiger partial charge in [0.1, 0.15) is 0 Å². The van der Waals surface area contributed by atoms with Crippen LogP contribution >= 0.6 is 0 Å². The molecule has 0 saturated heterocycles. The second kappa shape index (κ2) is 8.08. The van der Waals surface area contributed by atoms with Gasteiger partial charge in [0.25, 0.3) is 0 Å². The number of rotatable bonds is 3. The van der Waals surface area contributed by atoms with Gasteiger partial charge in [-0.2, -0.15) is 6.92 Å². The molecule has 10 heavy (non-hydrogen) atoms. The standard InChI is InChI=1S/C7H14NO.K/c1-4-7(9)8(5-2)6-3;/h4H,5-6H2,1-3H3;/q-1;+1.